The molecule has 0 fully saturated rings. The van der Waals surface area contributed by atoms with Gasteiger partial charge in [-0.25, -0.2) is 0 Å². The van der Waals surface area contributed by atoms with E-state index in [1.165, 1.54) is 18.8 Å². The number of hydrogen-bond acceptors (Lipinski definition) is 10. The summed E-state index contributed by atoms with van der Waals surface area (Å²) in [6.07, 6.45) is 14.7. The number of ether oxygens (including phenoxy) is 1. The predicted octanol–water partition coefficient (Wildman–Crippen LogP) is 6.09. The van der Waals surface area contributed by atoms with Crippen LogP contribution in [0, 0.1) is 0 Å². The van der Waals surface area contributed by atoms with Gasteiger partial charge in [0.05, 0.1) is 23.6 Å². The molecule has 1 atom stereocenters. The summed E-state index contributed by atoms with van der Waals surface area (Å²) in [5, 5.41) is 17.2. The lowest BCUT2D eigenvalue weighted by Crippen LogP contribution is -2.16. The summed E-state index contributed by atoms with van der Waals surface area (Å²) in [5.41, 5.74) is 4.36. The number of carbonyl (C=O) groups excluding carboxylic acids is 1. The SMILES string of the molecule is CN=C/C(=C/O)C(=O)Nc1ccc(Oc2nc(-c3ccccn3)nc3oc(-c4cnn(C)c4)c(C4C=C(CN(C)C)C=CC4)c23)cc1. The quantitative estimate of drug-likeness (QED) is 0.106. The summed E-state index contributed by atoms with van der Waals surface area (Å²) in [7, 11) is 7.47. The number of likely N-dealkylation sites (N-methyl/N-ethyl adjacent to an activating group) is 1. The zero-order valence-electron chi connectivity index (χ0n) is 26.5. The number of benzene rings is 1. The molecular formula is C35H34N8O4. The van der Waals surface area contributed by atoms with Crippen molar-refractivity contribution < 1.29 is 19.1 Å². The Bertz CT molecular complexity index is 2020. The number of amides is 1. The van der Waals surface area contributed by atoms with Crippen LogP contribution >= 0.6 is 0 Å². The maximum Gasteiger partial charge on any atom is 0.260 e. The molecule has 4 heterocycles. The molecule has 0 spiro atoms. The number of carbonyl (C=O) groups is 1. The van der Waals surface area contributed by atoms with E-state index in [1.54, 1.807) is 41.3 Å². The molecule has 1 aromatic carbocycles. The van der Waals surface area contributed by atoms with E-state index in [9.17, 15) is 9.90 Å². The normalized spacial score (nSPS) is 15.0. The number of allylic oxidation sites excluding steroid dienone is 2. The van der Waals surface area contributed by atoms with Crippen molar-refractivity contribution in [2.24, 2.45) is 12.0 Å². The number of hydrogen-bond donors (Lipinski definition) is 2. The second-order valence-electron chi connectivity index (χ2n) is 11.3. The van der Waals surface area contributed by atoms with Crippen molar-refractivity contribution in [3.8, 4) is 34.5 Å². The molecule has 47 heavy (non-hydrogen) atoms. The maximum atomic E-state index is 12.5. The highest BCUT2D eigenvalue weighted by molar-refractivity contribution is 6.17. The van der Waals surface area contributed by atoms with Gasteiger partial charge in [0.1, 0.15) is 22.6 Å². The molecule has 238 valence electrons. The Balaban J connectivity index is 1.47. The molecule has 2 N–H and O–H groups in total. The number of pyridine rings is 1. The van der Waals surface area contributed by atoms with Crippen molar-refractivity contribution in [2.75, 3.05) is 33.0 Å². The monoisotopic (exact) mass is 630 g/mol. The fourth-order valence-corrected chi connectivity index (χ4v) is 5.41. The Labute approximate surface area is 271 Å². The first-order chi connectivity index (χ1) is 22.8. The third-order valence-corrected chi connectivity index (χ3v) is 7.42. The Morgan fingerprint density at radius 2 is 2.04 bits per heavy atom. The van der Waals surface area contributed by atoms with Crippen LogP contribution in [0.25, 0.3) is 33.9 Å². The molecule has 0 saturated carbocycles. The summed E-state index contributed by atoms with van der Waals surface area (Å²) in [6, 6.07) is 12.4. The molecule has 6 rings (SSSR count). The van der Waals surface area contributed by atoms with Crippen molar-refractivity contribution in [3.05, 3.63) is 102 Å². The van der Waals surface area contributed by atoms with Gasteiger partial charge in [0.25, 0.3) is 5.91 Å². The van der Waals surface area contributed by atoms with Crippen LogP contribution in [0.1, 0.15) is 17.9 Å². The minimum atomic E-state index is -0.501. The smallest absolute Gasteiger partial charge is 0.260 e. The fraction of sp³-hybridized carbons (Fsp3) is 0.200. The second kappa shape index (κ2) is 13.6. The average molecular weight is 631 g/mol. The first-order valence-corrected chi connectivity index (χ1v) is 15.0. The number of aryl methyl sites for hydroxylation is 1. The Hall–Kier alpha value is -5.88. The molecule has 4 aromatic heterocycles. The van der Waals surface area contributed by atoms with E-state index in [0.717, 1.165) is 24.1 Å². The van der Waals surface area contributed by atoms with Gasteiger partial charge in [0.2, 0.25) is 11.6 Å². The molecule has 12 heteroatoms. The highest BCUT2D eigenvalue weighted by atomic mass is 16.5. The van der Waals surface area contributed by atoms with Gasteiger partial charge in [-0.15, -0.1) is 0 Å². The number of nitrogens with zero attached hydrogens (tertiary/aromatic N) is 7. The average Bonchev–Trinajstić information content (AvgIpc) is 3.68. The van der Waals surface area contributed by atoms with Gasteiger partial charge in [-0.2, -0.15) is 15.1 Å². The highest BCUT2D eigenvalue weighted by Gasteiger charge is 2.29. The van der Waals surface area contributed by atoms with Gasteiger partial charge in [0.15, 0.2) is 5.82 Å². The summed E-state index contributed by atoms with van der Waals surface area (Å²) in [4.78, 5) is 32.6. The summed E-state index contributed by atoms with van der Waals surface area (Å²) in [6.45, 7) is 0.790. The third kappa shape index (κ3) is 6.87. The lowest BCUT2D eigenvalue weighted by Gasteiger charge is -2.20. The number of anilines is 1. The van der Waals surface area contributed by atoms with E-state index in [-0.39, 0.29) is 11.5 Å². The van der Waals surface area contributed by atoms with Gasteiger partial charge < -0.3 is 24.5 Å². The van der Waals surface area contributed by atoms with Crippen molar-refractivity contribution in [3.63, 3.8) is 0 Å². The summed E-state index contributed by atoms with van der Waals surface area (Å²) in [5.74, 6) is 1.24. The van der Waals surface area contributed by atoms with E-state index >= 15 is 0 Å². The van der Waals surface area contributed by atoms with Crippen LogP contribution in [-0.4, -0.2) is 74.5 Å². The number of aromatic nitrogens is 5. The van der Waals surface area contributed by atoms with Gasteiger partial charge in [-0.1, -0.05) is 24.3 Å². The number of furan rings is 1. The molecule has 1 aliphatic rings. The molecule has 0 radical (unpaired) electrons. The number of aliphatic hydroxyl groups is 1. The van der Waals surface area contributed by atoms with Crippen LogP contribution < -0.4 is 10.1 Å². The minimum absolute atomic E-state index is 0.0236. The first kappa shape index (κ1) is 31.1. The van der Waals surface area contributed by atoms with Crippen molar-refractivity contribution in [2.45, 2.75) is 12.3 Å². The topological polar surface area (TPSA) is 144 Å². The Morgan fingerprint density at radius 1 is 1.21 bits per heavy atom. The molecule has 0 aliphatic heterocycles. The first-order valence-electron chi connectivity index (χ1n) is 15.0. The van der Waals surface area contributed by atoms with E-state index in [4.69, 9.17) is 19.1 Å². The lowest BCUT2D eigenvalue weighted by atomic mass is 9.87. The van der Waals surface area contributed by atoms with Crippen LogP contribution in [0.2, 0.25) is 0 Å². The van der Waals surface area contributed by atoms with E-state index in [0.29, 0.717) is 52.0 Å². The molecule has 5 aromatic rings. The zero-order chi connectivity index (χ0) is 32.9. The number of aliphatic hydroxyl groups excluding tert-OH is 1. The van der Waals surface area contributed by atoms with Crippen LogP contribution in [0.4, 0.5) is 5.69 Å². The number of nitrogens with one attached hydrogen (secondary N) is 1. The highest BCUT2D eigenvalue weighted by Crippen LogP contribution is 2.45. The molecule has 0 saturated heterocycles. The minimum Gasteiger partial charge on any atom is -0.515 e. The second-order valence-corrected chi connectivity index (χ2v) is 11.3. The third-order valence-electron chi connectivity index (χ3n) is 7.42. The van der Waals surface area contributed by atoms with Gasteiger partial charge in [-0.05, 0) is 62.5 Å². The number of fused-ring (bicyclic) bond motifs is 1. The zero-order valence-corrected chi connectivity index (χ0v) is 26.5. The molecule has 1 amide bonds. The molecule has 0 bridgehead atoms. The van der Waals surface area contributed by atoms with Crippen molar-refractivity contribution >= 4 is 28.9 Å². The van der Waals surface area contributed by atoms with Gasteiger partial charge in [0, 0.05) is 56.4 Å². The number of aliphatic imine (C=N–C) groups is 1. The van der Waals surface area contributed by atoms with E-state index in [2.05, 4.69) is 43.5 Å². The number of rotatable bonds is 10. The maximum absolute atomic E-state index is 12.5. The molecule has 1 unspecified atom stereocenters. The Morgan fingerprint density at radius 3 is 2.72 bits per heavy atom. The summed E-state index contributed by atoms with van der Waals surface area (Å²) >= 11 is 0. The van der Waals surface area contributed by atoms with Crippen LogP contribution in [-0.2, 0) is 11.8 Å². The van der Waals surface area contributed by atoms with E-state index < -0.39 is 5.91 Å². The van der Waals surface area contributed by atoms with Gasteiger partial charge in [-0.3, -0.25) is 19.5 Å². The standard InChI is InChI=1S/C35H34N8O4/c1-36-17-25(21-44)33(45)39-26-11-13-27(14-12-26)46-34-30-29(23-9-7-8-22(16-23)19-42(2)3)31(24-18-38-43(4)20-24)47-35(30)41-32(40-34)28-10-5-6-15-37-28/h5-8,10-18,20-21,23,44H,9,19H2,1-4H3,(H,39,45)/b25-21-,36-17?. The molecule has 1 aliphatic carbocycles. The Kier molecular flexibility index (Phi) is 9.02. The van der Waals surface area contributed by atoms with Crippen LogP contribution in [0.3, 0.4) is 0 Å². The fourth-order valence-electron chi connectivity index (χ4n) is 5.41. The van der Waals surface area contributed by atoms with Gasteiger partial charge >= 0.3 is 0 Å². The summed E-state index contributed by atoms with van der Waals surface area (Å²) < 4.78 is 14.8. The predicted molar refractivity (Wildman–Crippen MR) is 181 cm³/mol. The van der Waals surface area contributed by atoms with E-state index in [1.807, 2.05) is 45.5 Å². The van der Waals surface area contributed by atoms with Crippen molar-refractivity contribution in [1.82, 2.24) is 29.6 Å². The largest absolute Gasteiger partial charge is 0.515 e. The van der Waals surface area contributed by atoms with Crippen LogP contribution in [0.15, 0.2) is 106 Å². The molecular weight excluding hydrogens is 596 g/mol. The lowest BCUT2D eigenvalue weighted by molar-refractivity contribution is -0.112. The van der Waals surface area contributed by atoms with Crippen molar-refractivity contribution in [1.29, 1.82) is 0 Å². The molecule has 12 nitrogen and oxygen atoms in total. The van der Waals surface area contributed by atoms with Crippen LogP contribution in [0.5, 0.6) is 11.6 Å².